The van der Waals surface area contributed by atoms with Gasteiger partial charge in [0.1, 0.15) is 0 Å². The number of hydrogen-bond acceptors (Lipinski definition) is 1. The second-order valence-electron chi connectivity index (χ2n) is 5.87. The van der Waals surface area contributed by atoms with E-state index < -0.39 is 0 Å². The van der Waals surface area contributed by atoms with Crippen molar-refractivity contribution in [2.24, 2.45) is 0 Å². The molecule has 0 bridgehead atoms. The van der Waals surface area contributed by atoms with Gasteiger partial charge in [-0.2, -0.15) is 4.57 Å². The molecule has 2 nitrogen and oxygen atoms in total. The molecular weight excluding hydrogens is 282 g/mol. The lowest BCUT2D eigenvalue weighted by Gasteiger charge is -2.07. The lowest BCUT2D eigenvalue weighted by Crippen LogP contribution is -2.42. The third kappa shape index (κ3) is 3.48. The van der Waals surface area contributed by atoms with Crippen molar-refractivity contribution in [1.82, 2.24) is 0 Å². The Kier molecular flexibility index (Phi) is 4.82. The van der Waals surface area contributed by atoms with Crippen molar-refractivity contribution in [2.45, 2.75) is 32.7 Å². The first kappa shape index (κ1) is 15.4. The molecule has 0 saturated heterocycles. The van der Waals surface area contributed by atoms with Crippen LogP contribution in [0.3, 0.4) is 0 Å². The van der Waals surface area contributed by atoms with Crippen LogP contribution >= 0.6 is 0 Å². The van der Waals surface area contributed by atoms with Crippen LogP contribution in [0.2, 0.25) is 0 Å². The summed E-state index contributed by atoms with van der Waals surface area (Å²) in [6, 6.07) is 20.1. The minimum Gasteiger partial charge on any atom is -0.287 e. The fourth-order valence-corrected chi connectivity index (χ4v) is 2.96. The molecule has 116 valence electrons. The van der Waals surface area contributed by atoms with E-state index in [4.69, 9.17) is 0 Å². The molecule has 0 radical (unpaired) electrons. The number of benzene rings is 2. The molecule has 0 amide bonds. The fraction of sp³-hybridized carbons (Fsp3) is 0.238. The van der Waals surface area contributed by atoms with Gasteiger partial charge in [0.25, 0.3) is 0 Å². The van der Waals surface area contributed by atoms with E-state index >= 15 is 0 Å². The summed E-state index contributed by atoms with van der Waals surface area (Å²) in [5.41, 5.74) is 2.03. The molecular formula is C21H22NO+. The maximum atomic E-state index is 12.6. The van der Waals surface area contributed by atoms with Crippen LogP contribution in [0.1, 0.15) is 35.8 Å². The molecule has 0 N–H and O–H groups in total. The van der Waals surface area contributed by atoms with Crippen LogP contribution in [-0.2, 0) is 13.0 Å². The Morgan fingerprint density at radius 2 is 1.70 bits per heavy atom. The Hall–Kier alpha value is -2.48. The summed E-state index contributed by atoms with van der Waals surface area (Å²) >= 11 is 0. The summed E-state index contributed by atoms with van der Waals surface area (Å²) < 4.78 is 2.12. The van der Waals surface area contributed by atoms with Crippen LogP contribution in [0.25, 0.3) is 10.8 Å². The van der Waals surface area contributed by atoms with Gasteiger partial charge in [0.2, 0.25) is 12.3 Å². The number of carbonyl (C=O) groups is 1. The molecule has 0 spiro atoms. The number of unbranched alkanes of at least 4 members (excludes halogenated alkanes) is 1. The molecule has 1 heterocycles. The highest BCUT2D eigenvalue weighted by atomic mass is 16.1. The number of pyridine rings is 1. The first-order chi connectivity index (χ1) is 11.3. The smallest absolute Gasteiger partial charge is 0.227 e. The SMILES string of the molecule is CCCCc1c2ccccc2cc[n+]1CC(=O)c1ccccc1. The quantitative estimate of drug-likeness (QED) is 0.490. The van der Waals surface area contributed by atoms with Crippen molar-refractivity contribution in [2.75, 3.05) is 0 Å². The van der Waals surface area contributed by atoms with Gasteiger partial charge in [0.05, 0.1) is 0 Å². The average molecular weight is 304 g/mol. The van der Waals surface area contributed by atoms with E-state index in [1.165, 1.54) is 16.5 Å². The lowest BCUT2D eigenvalue weighted by atomic mass is 10.0. The molecule has 2 heteroatoms. The maximum Gasteiger partial charge on any atom is 0.227 e. The molecule has 1 aromatic heterocycles. The van der Waals surface area contributed by atoms with E-state index in [1.807, 2.05) is 36.5 Å². The van der Waals surface area contributed by atoms with Gasteiger partial charge in [-0.3, -0.25) is 4.79 Å². The van der Waals surface area contributed by atoms with Gasteiger partial charge < -0.3 is 0 Å². The lowest BCUT2D eigenvalue weighted by molar-refractivity contribution is -0.689. The van der Waals surface area contributed by atoms with Crippen LogP contribution in [0.5, 0.6) is 0 Å². The van der Waals surface area contributed by atoms with Gasteiger partial charge in [-0.1, -0.05) is 61.9 Å². The molecule has 0 aliphatic rings. The zero-order chi connectivity index (χ0) is 16.1. The van der Waals surface area contributed by atoms with Gasteiger partial charge in [0, 0.05) is 23.4 Å². The topological polar surface area (TPSA) is 20.9 Å². The van der Waals surface area contributed by atoms with Gasteiger partial charge in [-0.15, -0.1) is 0 Å². The summed E-state index contributed by atoms with van der Waals surface area (Å²) in [5.74, 6) is 0.156. The molecule has 0 aliphatic heterocycles. The predicted octanol–water partition coefficient (Wildman–Crippen LogP) is 4.35. The number of ketones is 1. The highest BCUT2D eigenvalue weighted by molar-refractivity contribution is 5.95. The van der Waals surface area contributed by atoms with Crippen LogP contribution in [0.15, 0.2) is 66.9 Å². The number of rotatable bonds is 6. The van der Waals surface area contributed by atoms with Crippen LogP contribution < -0.4 is 4.57 Å². The molecule has 0 fully saturated rings. The third-order valence-electron chi connectivity index (χ3n) is 4.23. The molecule has 0 saturated carbocycles. The number of hydrogen-bond donors (Lipinski definition) is 0. The number of fused-ring (bicyclic) bond motifs is 1. The predicted molar refractivity (Wildman–Crippen MR) is 93.5 cm³/mol. The van der Waals surface area contributed by atoms with E-state index in [9.17, 15) is 4.79 Å². The van der Waals surface area contributed by atoms with Gasteiger partial charge in [0.15, 0.2) is 11.9 Å². The summed E-state index contributed by atoms with van der Waals surface area (Å²) in [7, 11) is 0. The monoisotopic (exact) mass is 304 g/mol. The number of carbonyl (C=O) groups excluding carboxylic acids is 1. The normalized spacial score (nSPS) is 10.8. The highest BCUT2D eigenvalue weighted by Crippen LogP contribution is 2.17. The molecule has 3 rings (SSSR count). The summed E-state index contributed by atoms with van der Waals surface area (Å²) in [4.78, 5) is 12.6. The van der Waals surface area contributed by atoms with Gasteiger partial charge >= 0.3 is 0 Å². The molecule has 0 aliphatic carbocycles. The van der Waals surface area contributed by atoms with E-state index in [-0.39, 0.29) is 5.78 Å². The summed E-state index contributed by atoms with van der Waals surface area (Å²) in [6.07, 6.45) is 5.33. The number of aryl methyl sites for hydroxylation is 1. The van der Waals surface area contributed by atoms with Gasteiger partial charge in [-0.25, -0.2) is 0 Å². The Morgan fingerprint density at radius 3 is 2.48 bits per heavy atom. The molecule has 2 aromatic carbocycles. The summed E-state index contributed by atoms with van der Waals surface area (Å²) in [6.45, 7) is 2.60. The van der Waals surface area contributed by atoms with E-state index in [0.29, 0.717) is 6.54 Å². The number of aromatic nitrogens is 1. The minimum atomic E-state index is 0.156. The number of nitrogens with zero attached hydrogens (tertiary/aromatic N) is 1. The Morgan fingerprint density at radius 1 is 0.957 bits per heavy atom. The van der Waals surface area contributed by atoms with Crippen molar-refractivity contribution >= 4 is 16.6 Å². The van der Waals surface area contributed by atoms with E-state index in [0.717, 1.165) is 24.8 Å². The Labute approximate surface area is 137 Å². The second kappa shape index (κ2) is 7.19. The zero-order valence-electron chi connectivity index (χ0n) is 13.5. The Bertz CT molecular complexity index is 808. The third-order valence-corrected chi connectivity index (χ3v) is 4.23. The Balaban J connectivity index is 1.97. The van der Waals surface area contributed by atoms with Gasteiger partial charge in [-0.05, 0) is 17.9 Å². The first-order valence-corrected chi connectivity index (χ1v) is 8.28. The van der Waals surface area contributed by atoms with E-state index in [1.54, 1.807) is 0 Å². The number of Topliss-reactive ketones (excluding diaryl/α,β-unsaturated/α-hetero) is 1. The van der Waals surface area contributed by atoms with E-state index in [2.05, 4.69) is 41.8 Å². The highest BCUT2D eigenvalue weighted by Gasteiger charge is 2.18. The van der Waals surface area contributed by atoms with Crippen molar-refractivity contribution in [3.05, 3.63) is 78.1 Å². The molecule has 0 atom stereocenters. The molecule has 23 heavy (non-hydrogen) atoms. The molecule has 0 unspecified atom stereocenters. The minimum absolute atomic E-state index is 0.156. The van der Waals surface area contributed by atoms with Crippen molar-refractivity contribution < 1.29 is 9.36 Å². The van der Waals surface area contributed by atoms with Crippen LogP contribution in [0, 0.1) is 0 Å². The zero-order valence-corrected chi connectivity index (χ0v) is 13.5. The van der Waals surface area contributed by atoms with Crippen molar-refractivity contribution in [1.29, 1.82) is 0 Å². The van der Waals surface area contributed by atoms with Crippen LogP contribution in [-0.4, -0.2) is 5.78 Å². The average Bonchev–Trinajstić information content (AvgIpc) is 2.61. The second-order valence-corrected chi connectivity index (χ2v) is 5.87. The summed E-state index contributed by atoms with van der Waals surface area (Å²) in [5, 5.41) is 2.49. The molecule has 3 aromatic rings. The maximum absolute atomic E-state index is 12.6. The van der Waals surface area contributed by atoms with Crippen molar-refractivity contribution in [3.8, 4) is 0 Å². The van der Waals surface area contributed by atoms with Crippen molar-refractivity contribution in [3.63, 3.8) is 0 Å². The largest absolute Gasteiger partial charge is 0.287 e. The van der Waals surface area contributed by atoms with Crippen LogP contribution in [0.4, 0.5) is 0 Å². The standard InChI is InChI=1S/C21H22NO/c1-2-3-13-20-19-12-8-7-9-17(19)14-15-22(20)16-21(23)18-10-5-4-6-11-18/h4-12,14-15H,2-3,13,16H2,1H3/q+1. The fourth-order valence-electron chi connectivity index (χ4n) is 2.96. The first-order valence-electron chi connectivity index (χ1n) is 8.28.